The van der Waals surface area contributed by atoms with Crippen molar-refractivity contribution in [3.8, 4) is 33.4 Å². The SMILES string of the molecule is CC1(C)CCC(C)(C)c2cc(N(c3ccc(-c4ccc5ccccc5c4)cc3)c3c(-c4ccccc4)ccc4c3-c3ccccc3C43C4CC5CC(C4)CC3C5)ccc21. The fourth-order valence-corrected chi connectivity index (χ4v) is 13.6. The number of nitrogens with zero attached hydrogens (tertiary/aromatic N) is 1. The second-order valence-electron chi connectivity index (χ2n) is 20.4. The van der Waals surface area contributed by atoms with Crippen molar-refractivity contribution in [3.63, 3.8) is 0 Å². The van der Waals surface area contributed by atoms with Gasteiger partial charge in [0.2, 0.25) is 0 Å². The predicted molar refractivity (Wildman–Crippen MR) is 248 cm³/mol. The molecule has 7 aromatic carbocycles. The van der Waals surface area contributed by atoms with Gasteiger partial charge in [-0.25, -0.2) is 0 Å². The Morgan fingerprint density at radius 2 is 1.03 bits per heavy atom. The van der Waals surface area contributed by atoms with Gasteiger partial charge in [-0.1, -0.05) is 149 Å². The number of benzene rings is 7. The molecule has 4 saturated carbocycles. The third-order valence-electron chi connectivity index (χ3n) is 16.3. The van der Waals surface area contributed by atoms with Gasteiger partial charge in [0.25, 0.3) is 0 Å². The van der Waals surface area contributed by atoms with E-state index in [4.69, 9.17) is 0 Å². The lowest BCUT2D eigenvalue weighted by atomic mass is 9.43. The Balaban J connectivity index is 1.13. The maximum absolute atomic E-state index is 2.68. The summed E-state index contributed by atoms with van der Waals surface area (Å²) in [6, 6.07) is 58.6. The van der Waals surface area contributed by atoms with E-state index in [1.807, 2.05) is 0 Å². The van der Waals surface area contributed by atoms with Crippen molar-refractivity contribution in [2.24, 2.45) is 23.7 Å². The molecule has 0 N–H and O–H groups in total. The number of hydrogen-bond donors (Lipinski definition) is 0. The summed E-state index contributed by atoms with van der Waals surface area (Å²) in [6.45, 7) is 9.83. The molecule has 0 radical (unpaired) electrons. The van der Waals surface area contributed by atoms with Crippen molar-refractivity contribution in [1.82, 2.24) is 0 Å². The molecular weight excluding hydrogens is 711 g/mol. The van der Waals surface area contributed by atoms with Gasteiger partial charge in [-0.15, -0.1) is 0 Å². The van der Waals surface area contributed by atoms with E-state index in [2.05, 4.69) is 184 Å². The van der Waals surface area contributed by atoms with E-state index in [0.717, 1.165) is 11.8 Å². The quantitative estimate of drug-likeness (QED) is 0.169. The van der Waals surface area contributed by atoms with Crippen LogP contribution in [0, 0.1) is 23.7 Å². The van der Waals surface area contributed by atoms with E-state index in [1.165, 1.54) is 117 Å². The Morgan fingerprint density at radius 1 is 0.424 bits per heavy atom. The smallest absolute Gasteiger partial charge is 0.0621 e. The van der Waals surface area contributed by atoms with E-state index in [0.29, 0.717) is 11.8 Å². The first-order chi connectivity index (χ1) is 28.7. The van der Waals surface area contributed by atoms with E-state index in [1.54, 1.807) is 11.1 Å². The monoisotopic (exact) mass is 765 g/mol. The molecule has 7 aromatic rings. The highest BCUT2D eigenvalue weighted by molar-refractivity contribution is 6.02. The van der Waals surface area contributed by atoms with Crippen LogP contribution < -0.4 is 4.90 Å². The van der Waals surface area contributed by atoms with Crippen LogP contribution in [0.2, 0.25) is 0 Å². The molecule has 1 heteroatoms. The Hall–Kier alpha value is -5.40. The zero-order valence-corrected chi connectivity index (χ0v) is 35.1. The molecule has 0 aliphatic heterocycles. The van der Waals surface area contributed by atoms with Crippen LogP contribution in [0.1, 0.15) is 94.9 Å². The van der Waals surface area contributed by atoms with Crippen molar-refractivity contribution in [1.29, 1.82) is 0 Å². The molecule has 1 nitrogen and oxygen atoms in total. The van der Waals surface area contributed by atoms with Crippen LogP contribution in [0.5, 0.6) is 0 Å². The first-order valence-corrected chi connectivity index (χ1v) is 22.6. The number of rotatable bonds is 5. The molecule has 292 valence electrons. The predicted octanol–water partition coefficient (Wildman–Crippen LogP) is 15.7. The minimum absolute atomic E-state index is 0.0802. The average Bonchev–Trinajstić information content (AvgIpc) is 3.55. The minimum Gasteiger partial charge on any atom is -0.309 e. The van der Waals surface area contributed by atoms with Crippen LogP contribution in [0.15, 0.2) is 152 Å². The Bertz CT molecular complexity index is 2760. The van der Waals surface area contributed by atoms with E-state index >= 15 is 0 Å². The van der Waals surface area contributed by atoms with Crippen LogP contribution in [0.3, 0.4) is 0 Å². The summed E-state index contributed by atoms with van der Waals surface area (Å²) in [5, 5.41) is 2.56. The van der Waals surface area contributed by atoms with Gasteiger partial charge in [0.1, 0.15) is 0 Å². The summed E-state index contributed by atoms with van der Waals surface area (Å²) in [4.78, 5) is 2.68. The van der Waals surface area contributed by atoms with Gasteiger partial charge in [-0.2, -0.15) is 0 Å². The number of fused-ring (bicyclic) bond motifs is 5. The standard InChI is InChI=1S/C58H55N/c1-56(2)28-29-57(3,4)53-36-47(24-26-51(53)56)59(46-22-20-40(21-23-46)43-19-18-39-12-8-9-15-42(39)35-43)55-48(41-13-6-5-7-14-41)25-27-52-54(55)49-16-10-11-17-50(49)58(52)44-31-37-30-38(33-44)34-45(58)32-37/h5-27,35-38,44-45H,28-34H2,1-4H3. The molecule has 0 unspecified atom stereocenters. The third kappa shape index (κ3) is 5.22. The Labute approximate surface area is 351 Å². The maximum atomic E-state index is 2.68. The van der Waals surface area contributed by atoms with E-state index in [-0.39, 0.29) is 16.2 Å². The van der Waals surface area contributed by atoms with Crippen LogP contribution in [0.25, 0.3) is 44.2 Å². The lowest BCUT2D eigenvalue weighted by molar-refractivity contribution is -0.0399. The fraction of sp³-hybridized carbons (Fsp3) is 0.310. The molecule has 0 heterocycles. The van der Waals surface area contributed by atoms with Crippen molar-refractivity contribution in [2.45, 2.75) is 88.9 Å². The molecule has 6 aliphatic carbocycles. The Morgan fingerprint density at radius 3 is 1.78 bits per heavy atom. The summed E-state index contributed by atoms with van der Waals surface area (Å²) in [6.07, 6.45) is 9.38. The summed E-state index contributed by atoms with van der Waals surface area (Å²) < 4.78 is 0. The van der Waals surface area contributed by atoms with Crippen LogP contribution in [-0.2, 0) is 16.2 Å². The zero-order valence-electron chi connectivity index (χ0n) is 35.1. The summed E-state index contributed by atoms with van der Waals surface area (Å²) in [7, 11) is 0. The van der Waals surface area contributed by atoms with E-state index < -0.39 is 0 Å². The van der Waals surface area contributed by atoms with Crippen LogP contribution >= 0.6 is 0 Å². The first kappa shape index (κ1) is 35.5. The summed E-state index contributed by atoms with van der Waals surface area (Å²) >= 11 is 0. The average molecular weight is 766 g/mol. The minimum atomic E-state index is 0.0802. The molecule has 1 spiro atoms. The fourth-order valence-electron chi connectivity index (χ4n) is 13.6. The molecule has 0 amide bonds. The van der Waals surface area contributed by atoms with Crippen molar-refractivity contribution >= 4 is 27.8 Å². The molecule has 13 rings (SSSR count). The normalized spacial score (nSPS) is 25.2. The largest absolute Gasteiger partial charge is 0.309 e. The highest BCUT2D eigenvalue weighted by Gasteiger charge is 2.62. The first-order valence-electron chi connectivity index (χ1n) is 22.6. The molecule has 6 aliphatic rings. The van der Waals surface area contributed by atoms with Gasteiger partial charge < -0.3 is 4.90 Å². The van der Waals surface area contributed by atoms with Gasteiger partial charge in [-0.3, -0.25) is 0 Å². The maximum Gasteiger partial charge on any atom is 0.0621 e. The molecule has 0 atom stereocenters. The van der Waals surface area contributed by atoms with Gasteiger partial charge in [0, 0.05) is 27.9 Å². The van der Waals surface area contributed by atoms with Crippen LogP contribution in [-0.4, -0.2) is 0 Å². The lowest BCUT2D eigenvalue weighted by Gasteiger charge is -2.61. The topological polar surface area (TPSA) is 3.24 Å². The summed E-state index contributed by atoms with van der Waals surface area (Å²) in [5.41, 5.74) is 18.3. The molecule has 4 fully saturated rings. The molecule has 0 aromatic heterocycles. The molecule has 0 saturated heterocycles. The van der Waals surface area contributed by atoms with Crippen LogP contribution in [0.4, 0.5) is 17.1 Å². The van der Waals surface area contributed by atoms with Gasteiger partial charge in [0.15, 0.2) is 0 Å². The summed E-state index contributed by atoms with van der Waals surface area (Å²) in [5.74, 6) is 3.22. The van der Waals surface area contributed by atoms with Gasteiger partial charge >= 0.3 is 0 Å². The lowest BCUT2D eigenvalue weighted by Crippen LogP contribution is -2.55. The van der Waals surface area contributed by atoms with Crippen molar-refractivity contribution < 1.29 is 0 Å². The second-order valence-corrected chi connectivity index (χ2v) is 20.4. The number of hydrogen-bond acceptors (Lipinski definition) is 1. The molecular formula is C58H55N. The highest BCUT2D eigenvalue weighted by atomic mass is 15.1. The molecule has 4 bridgehead atoms. The van der Waals surface area contributed by atoms with E-state index in [9.17, 15) is 0 Å². The van der Waals surface area contributed by atoms with Gasteiger partial charge in [0.05, 0.1) is 5.69 Å². The molecule has 59 heavy (non-hydrogen) atoms. The Kier molecular flexibility index (Phi) is 7.71. The van der Waals surface area contributed by atoms with Gasteiger partial charge in [-0.05, 0) is 165 Å². The highest BCUT2D eigenvalue weighted by Crippen LogP contribution is 2.71. The van der Waals surface area contributed by atoms with Crippen molar-refractivity contribution in [3.05, 3.63) is 174 Å². The number of anilines is 3. The third-order valence-corrected chi connectivity index (χ3v) is 16.3. The second kappa shape index (κ2) is 12.8. The van der Waals surface area contributed by atoms with Crippen molar-refractivity contribution in [2.75, 3.05) is 4.90 Å². The zero-order chi connectivity index (χ0) is 39.7.